The van der Waals surface area contributed by atoms with Crippen LogP contribution in [-0.4, -0.2) is 19.1 Å². The average Bonchev–Trinajstić information content (AvgIpc) is 2.80. The molecular formula is C27H29NO3. The van der Waals surface area contributed by atoms with Crippen LogP contribution in [0.15, 0.2) is 72.8 Å². The summed E-state index contributed by atoms with van der Waals surface area (Å²) in [5, 5.41) is 3.18. The van der Waals surface area contributed by atoms with Gasteiger partial charge < -0.3 is 14.8 Å². The summed E-state index contributed by atoms with van der Waals surface area (Å²) in [5.41, 5.74) is 4.42. The molecule has 1 saturated heterocycles. The highest BCUT2D eigenvalue weighted by atomic mass is 16.5. The van der Waals surface area contributed by atoms with Crippen LogP contribution in [0.1, 0.15) is 35.1 Å². The van der Waals surface area contributed by atoms with Gasteiger partial charge in [0.05, 0.1) is 5.41 Å². The van der Waals surface area contributed by atoms with E-state index in [0.29, 0.717) is 32.7 Å². The third-order valence-corrected chi connectivity index (χ3v) is 6.05. The maximum Gasteiger partial charge on any atom is 0.235 e. The molecule has 0 radical (unpaired) electrons. The number of rotatable bonds is 6. The van der Waals surface area contributed by atoms with E-state index in [1.165, 1.54) is 0 Å². The lowest BCUT2D eigenvalue weighted by atomic mass is 9.73. The molecule has 0 atom stereocenters. The number of amides is 1. The van der Waals surface area contributed by atoms with Crippen molar-refractivity contribution in [1.82, 2.24) is 0 Å². The maximum atomic E-state index is 13.5. The lowest BCUT2D eigenvalue weighted by molar-refractivity contribution is -0.125. The molecule has 1 aliphatic heterocycles. The molecule has 4 heteroatoms. The number of ether oxygens (including phenoxy) is 2. The van der Waals surface area contributed by atoms with Crippen LogP contribution in [0.3, 0.4) is 0 Å². The molecule has 3 aromatic rings. The number of carbonyl (C=O) groups excluding carboxylic acids is 1. The Morgan fingerprint density at radius 3 is 2.13 bits per heavy atom. The summed E-state index contributed by atoms with van der Waals surface area (Å²) in [6, 6.07) is 24.2. The third-order valence-electron chi connectivity index (χ3n) is 6.05. The van der Waals surface area contributed by atoms with Crippen molar-refractivity contribution >= 4 is 11.6 Å². The fraction of sp³-hybridized carbons (Fsp3) is 0.296. The van der Waals surface area contributed by atoms with Gasteiger partial charge in [-0.05, 0) is 61.1 Å². The molecule has 31 heavy (non-hydrogen) atoms. The second-order valence-corrected chi connectivity index (χ2v) is 8.23. The van der Waals surface area contributed by atoms with Crippen LogP contribution in [0.25, 0.3) is 0 Å². The molecule has 1 N–H and O–H groups in total. The molecule has 1 aliphatic rings. The first kappa shape index (κ1) is 21.1. The van der Waals surface area contributed by atoms with Gasteiger partial charge in [-0.2, -0.15) is 0 Å². The third kappa shape index (κ3) is 4.64. The topological polar surface area (TPSA) is 47.6 Å². The van der Waals surface area contributed by atoms with Gasteiger partial charge in [0, 0.05) is 18.9 Å². The number of hydrogen-bond donors (Lipinski definition) is 1. The van der Waals surface area contributed by atoms with E-state index in [1.54, 1.807) is 0 Å². The summed E-state index contributed by atoms with van der Waals surface area (Å²) in [5.74, 6) is 0.893. The fourth-order valence-corrected chi connectivity index (χ4v) is 4.35. The first-order chi connectivity index (χ1) is 15.1. The normalized spacial score (nSPS) is 15.3. The Morgan fingerprint density at radius 2 is 1.52 bits per heavy atom. The van der Waals surface area contributed by atoms with Crippen LogP contribution in [0.4, 0.5) is 5.69 Å². The summed E-state index contributed by atoms with van der Waals surface area (Å²) >= 11 is 0. The Kier molecular flexibility index (Phi) is 6.38. The number of carbonyl (C=O) groups is 1. The van der Waals surface area contributed by atoms with Crippen molar-refractivity contribution in [3.63, 3.8) is 0 Å². The maximum absolute atomic E-state index is 13.5. The minimum Gasteiger partial charge on any atom is -0.488 e. The van der Waals surface area contributed by atoms with E-state index in [1.807, 2.05) is 74.5 Å². The van der Waals surface area contributed by atoms with Crippen LogP contribution in [0.2, 0.25) is 0 Å². The summed E-state index contributed by atoms with van der Waals surface area (Å²) in [7, 11) is 0. The smallest absolute Gasteiger partial charge is 0.235 e. The van der Waals surface area contributed by atoms with Gasteiger partial charge in [0.1, 0.15) is 12.4 Å². The summed E-state index contributed by atoms with van der Waals surface area (Å²) in [6.07, 6.45) is 1.36. The average molecular weight is 416 g/mol. The van der Waals surface area contributed by atoms with Gasteiger partial charge in [-0.1, -0.05) is 60.7 Å². The van der Waals surface area contributed by atoms with Crippen LogP contribution >= 0.6 is 0 Å². The fourth-order valence-electron chi connectivity index (χ4n) is 4.35. The quantitative estimate of drug-likeness (QED) is 0.573. The number of benzene rings is 3. The molecule has 0 spiro atoms. The molecule has 0 bridgehead atoms. The van der Waals surface area contributed by atoms with Crippen molar-refractivity contribution in [3.8, 4) is 5.75 Å². The Labute approximate surface area is 184 Å². The first-order valence-corrected chi connectivity index (χ1v) is 10.8. The summed E-state index contributed by atoms with van der Waals surface area (Å²) in [6.45, 7) is 5.74. The molecule has 1 heterocycles. The van der Waals surface area contributed by atoms with Gasteiger partial charge in [-0.25, -0.2) is 0 Å². The molecule has 1 amide bonds. The Hall–Kier alpha value is -3.11. The second kappa shape index (κ2) is 9.36. The number of nitrogens with one attached hydrogen (secondary N) is 1. The van der Waals surface area contributed by atoms with Crippen molar-refractivity contribution in [1.29, 1.82) is 0 Å². The number of aryl methyl sites for hydroxylation is 2. The standard InChI is InChI=1S/C27H29NO3/c1-20-17-24(18-21(2)25(20)31-19-22-9-5-3-6-10-22)28-26(29)27(13-15-30-16-14-27)23-11-7-4-8-12-23/h3-12,17-18H,13-16,19H2,1-2H3,(H,28,29). The van der Waals surface area contributed by atoms with Gasteiger partial charge in [-0.3, -0.25) is 4.79 Å². The van der Waals surface area contributed by atoms with Crippen molar-refractivity contribution in [2.45, 2.75) is 38.7 Å². The zero-order valence-electron chi connectivity index (χ0n) is 18.2. The van der Waals surface area contributed by atoms with Gasteiger partial charge >= 0.3 is 0 Å². The predicted octanol–water partition coefficient (Wildman–Crippen LogP) is 5.57. The minimum atomic E-state index is -0.566. The van der Waals surface area contributed by atoms with Crippen molar-refractivity contribution < 1.29 is 14.3 Å². The molecule has 0 unspecified atom stereocenters. The van der Waals surface area contributed by atoms with Crippen LogP contribution in [0, 0.1) is 13.8 Å². The zero-order chi connectivity index (χ0) is 21.7. The van der Waals surface area contributed by atoms with E-state index < -0.39 is 5.41 Å². The molecule has 0 aromatic heterocycles. The van der Waals surface area contributed by atoms with E-state index in [0.717, 1.165) is 33.7 Å². The minimum absolute atomic E-state index is 0.0266. The van der Waals surface area contributed by atoms with Crippen LogP contribution in [-0.2, 0) is 21.6 Å². The molecule has 4 nitrogen and oxygen atoms in total. The predicted molar refractivity (Wildman–Crippen MR) is 123 cm³/mol. The lowest BCUT2D eigenvalue weighted by Crippen LogP contribution is -2.44. The van der Waals surface area contributed by atoms with Gasteiger partial charge in [0.2, 0.25) is 5.91 Å². The van der Waals surface area contributed by atoms with E-state index in [4.69, 9.17) is 9.47 Å². The van der Waals surface area contributed by atoms with E-state index in [-0.39, 0.29) is 5.91 Å². The van der Waals surface area contributed by atoms with Gasteiger partial charge in [0.25, 0.3) is 0 Å². The first-order valence-electron chi connectivity index (χ1n) is 10.8. The van der Waals surface area contributed by atoms with Crippen molar-refractivity contribution in [3.05, 3.63) is 95.1 Å². The van der Waals surface area contributed by atoms with Gasteiger partial charge in [-0.15, -0.1) is 0 Å². The highest BCUT2D eigenvalue weighted by Crippen LogP contribution is 2.37. The summed E-state index contributed by atoms with van der Waals surface area (Å²) < 4.78 is 11.7. The number of anilines is 1. The van der Waals surface area contributed by atoms with Gasteiger partial charge in [0.15, 0.2) is 0 Å². The van der Waals surface area contributed by atoms with E-state index >= 15 is 0 Å². The molecule has 3 aromatic carbocycles. The Morgan fingerprint density at radius 1 is 0.935 bits per heavy atom. The lowest BCUT2D eigenvalue weighted by Gasteiger charge is -2.36. The van der Waals surface area contributed by atoms with Crippen molar-refractivity contribution in [2.75, 3.05) is 18.5 Å². The van der Waals surface area contributed by atoms with Crippen LogP contribution in [0.5, 0.6) is 5.75 Å². The molecular weight excluding hydrogens is 386 g/mol. The number of hydrogen-bond acceptors (Lipinski definition) is 3. The summed E-state index contributed by atoms with van der Waals surface area (Å²) in [4.78, 5) is 13.5. The van der Waals surface area contributed by atoms with E-state index in [9.17, 15) is 4.79 Å². The zero-order valence-corrected chi connectivity index (χ0v) is 18.2. The SMILES string of the molecule is Cc1cc(NC(=O)C2(c3ccccc3)CCOCC2)cc(C)c1OCc1ccccc1. The van der Waals surface area contributed by atoms with Crippen molar-refractivity contribution in [2.24, 2.45) is 0 Å². The highest BCUT2D eigenvalue weighted by molar-refractivity contribution is 5.99. The Balaban J connectivity index is 1.53. The Bertz CT molecular complexity index is 1000. The van der Waals surface area contributed by atoms with E-state index in [2.05, 4.69) is 17.4 Å². The molecule has 4 rings (SSSR count). The second-order valence-electron chi connectivity index (χ2n) is 8.23. The molecule has 1 fully saturated rings. The molecule has 0 aliphatic carbocycles. The highest BCUT2D eigenvalue weighted by Gasteiger charge is 2.41. The largest absolute Gasteiger partial charge is 0.488 e. The monoisotopic (exact) mass is 415 g/mol. The molecule has 160 valence electrons. The molecule has 0 saturated carbocycles. The van der Waals surface area contributed by atoms with Crippen LogP contribution < -0.4 is 10.1 Å².